The maximum atomic E-state index is 9.28. The molecular weight excluding hydrogens is 265 g/mol. The molecule has 4 aliphatic rings. The molecule has 1 nitrogen and oxygen atoms in total. The van der Waals surface area contributed by atoms with Gasteiger partial charge < -0.3 is 0 Å². The second kappa shape index (κ2) is 3.53. The summed E-state index contributed by atoms with van der Waals surface area (Å²) < 4.78 is 0. The predicted octanol–water partition coefficient (Wildman–Crippen LogP) is 3.77. The fourth-order valence-electron chi connectivity index (χ4n) is 4.02. The highest BCUT2D eigenvalue weighted by Crippen LogP contribution is 2.63. The molecular formula is C15H11Cl2N. The van der Waals surface area contributed by atoms with Crippen LogP contribution < -0.4 is 0 Å². The number of rotatable bonds is 0. The Labute approximate surface area is 116 Å². The van der Waals surface area contributed by atoms with E-state index in [0.717, 1.165) is 5.56 Å². The maximum Gasteiger partial charge on any atom is 0.0994 e. The van der Waals surface area contributed by atoms with Gasteiger partial charge in [0.25, 0.3) is 0 Å². The molecule has 1 aromatic carbocycles. The average molecular weight is 276 g/mol. The molecule has 0 N–H and O–H groups in total. The van der Waals surface area contributed by atoms with Gasteiger partial charge in [0.05, 0.1) is 22.4 Å². The van der Waals surface area contributed by atoms with Crippen LogP contribution in [0.1, 0.15) is 28.5 Å². The van der Waals surface area contributed by atoms with Crippen molar-refractivity contribution < 1.29 is 0 Å². The molecule has 0 aromatic heterocycles. The summed E-state index contributed by atoms with van der Waals surface area (Å²) in [4.78, 5) is 0. The van der Waals surface area contributed by atoms with Gasteiger partial charge in [-0.25, -0.2) is 0 Å². The average Bonchev–Trinajstić information content (AvgIpc) is 2.45. The first-order chi connectivity index (χ1) is 8.74. The molecule has 0 radical (unpaired) electrons. The van der Waals surface area contributed by atoms with Crippen LogP contribution in [-0.2, 0) is 0 Å². The predicted molar refractivity (Wildman–Crippen MR) is 72.0 cm³/mol. The Balaban J connectivity index is 1.94. The number of nitriles is 1. The molecule has 0 amide bonds. The van der Waals surface area contributed by atoms with E-state index < -0.39 is 0 Å². The third-order valence-electron chi connectivity index (χ3n) is 4.79. The minimum absolute atomic E-state index is 0.0361. The van der Waals surface area contributed by atoms with Gasteiger partial charge in [-0.05, 0) is 29.0 Å². The molecule has 18 heavy (non-hydrogen) atoms. The molecule has 0 aliphatic heterocycles. The van der Waals surface area contributed by atoms with Crippen molar-refractivity contribution in [2.45, 2.75) is 22.6 Å². The van der Waals surface area contributed by atoms with Gasteiger partial charge in [0.2, 0.25) is 0 Å². The Morgan fingerprint density at radius 2 is 1.67 bits per heavy atom. The lowest BCUT2D eigenvalue weighted by atomic mass is 9.50. The molecule has 1 fully saturated rings. The highest BCUT2D eigenvalue weighted by Gasteiger charge is 2.59. The van der Waals surface area contributed by atoms with Crippen LogP contribution in [-0.4, -0.2) is 10.8 Å². The number of halogens is 2. The molecule has 4 aliphatic carbocycles. The summed E-state index contributed by atoms with van der Waals surface area (Å²) in [5.41, 5.74) is 3.28. The van der Waals surface area contributed by atoms with E-state index in [1.807, 2.05) is 12.1 Å². The molecule has 0 saturated heterocycles. The molecule has 6 atom stereocenters. The first-order valence-electron chi connectivity index (χ1n) is 6.23. The van der Waals surface area contributed by atoms with Crippen molar-refractivity contribution >= 4 is 23.2 Å². The third kappa shape index (κ3) is 1.09. The Bertz CT molecular complexity index is 601. The molecule has 90 valence electrons. The third-order valence-corrected chi connectivity index (χ3v) is 6.05. The van der Waals surface area contributed by atoms with Gasteiger partial charge in [0.15, 0.2) is 0 Å². The summed E-state index contributed by atoms with van der Waals surface area (Å²) in [6.07, 6.45) is 4.49. The van der Waals surface area contributed by atoms with Gasteiger partial charge in [-0.15, -0.1) is 23.2 Å². The number of nitrogens with zero attached hydrogens (tertiary/aromatic N) is 1. The normalized spacial score (nSPS) is 42.7. The van der Waals surface area contributed by atoms with Gasteiger partial charge in [-0.1, -0.05) is 24.3 Å². The molecule has 0 spiro atoms. The fraction of sp³-hybridized carbons (Fsp3) is 0.400. The van der Waals surface area contributed by atoms with Crippen molar-refractivity contribution in [3.8, 4) is 6.07 Å². The smallest absolute Gasteiger partial charge is 0.0994 e. The van der Waals surface area contributed by atoms with Crippen LogP contribution in [0.2, 0.25) is 0 Å². The Morgan fingerprint density at radius 1 is 1.00 bits per heavy atom. The van der Waals surface area contributed by atoms with Gasteiger partial charge in [-0.2, -0.15) is 5.26 Å². The van der Waals surface area contributed by atoms with Crippen molar-refractivity contribution in [3.63, 3.8) is 0 Å². The highest BCUT2D eigenvalue weighted by atomic mass is 35.5. The summed E-state index contributed by atoms with van der Waals surface area (Å²) in [6.45, 7) is 0. The zero-order valence-corrected chi connectivity index (χ0v) is 11.1. The first kappa shape index (κ1) is 10.9. The fourth-order valence-corrected chi connectivity index (χ4v) is 5.00. The van der Waals surface area contributed by atoms with Crippen molar-refractivity contribution in [2.75, 3.05) is 0 Å². The lowest BCUT2D eigenvalue weighted by Gasteiger charge is -2.58. The largest absolute Gasteiger partial charge is 0.192 e. The van der Waals surface area contributed by atoms with Gasteiger partial charge in [-0.3, -0.25) is 0 Å². The number of hydrogen-bond donors (Lipinski definition) is 0. The van der Waals surface area contributed by atoms with Crippen molar-refractivity contribution in [3.05, 3.63) is 47.0 Å². The SMILES string of the molecule is N#Cc1cccc2c1[C@H]1C=C[C@@H]2[C@H]2[C@H](Cl)[C@H](Cl)[C@@H]21. The van der Waals surface area contributed by atoms with Gasteiger partial charge >= 0.3 is 0 Å². The van der Waals surface area contributed by atoms with E-state index >= 15 is 0 Å². The molecule has 2 bridgehead atoms. The quantitative estimate of drug-likeness (QED) is 0.522. The van der Waals surface area contributed by atoms with Crippen molar-refractivity contribution in [2.24, 2.45) is 11.8 Å². The van der Waals surface area contributed by atoms with Crippen LogP contribution in [0.4, 0.5) is 0 Å². The Hall–Kier alpha value is -0.970. The lowest BCUT2D eigenvalue weighted by Crippen LogP contribution is -2.57. The molecule has 1 saturated carbocycles. The molecule has 1 aromatic rings. The lowest BCUT2D eigenvalue weighted by molar-refractivity contribution is 0.129. The molecule has 5 rings (SSSR count). The number of benzene rings is 1. The minimum Gasteiger partial charge on any atom is -0.192 e. The van der Waals surface area contributed by atoms with E-state index in [1.54, 1.807) is 0 Å². The number of hydrogen-bond acceptors (Lipinski definition) is 1. The molecule has 3 heteroatoms. The van der Waals surface area contributed by atoms with Crippen LogP contribution in [0.5, 0.6) is 0 Å². The van der Waals surface area contributed by atoms with Gasteiger partial charge in [0, 0.05) is 11.8 Å². The Morgan fingerprint density at radius 3 is 2.39 bits per heavy atom. The number of allylic oxidation sites excluding steroid dienone is 2. The second-order valence-electron chi connectivity index (χ2n) is 5.40. The van der Waals surface area contributed by atoms with Crippen LogP contribution in [0.25, 0.3) is 0 Å². The molecule has 0 unspecified atom stereocenters. The molecule has 0 heterocycles. The van der Waals surface area contributed by atoms with Crippen LogP contribution in [0.15, 0.2) is 30.4 Å². The standard InChI is InChI=1S/C15H11Cl2N/c16-14-12-9-4-5-10(13(12)15(14)17)11-7(6-18)2-1-3-8(9)11/h1-5,9-10,12-15H/t9-,10+,12+,13+,14-,15+/m0/s1. The highest BCUT2D eigenvalue weighted by molar-refractivity contribution is 6.31. The van der Waals surface area contributed by atoms with Crippen molar-refractivity contribution in [1.29, 1.82) is 5.26 Å². The van der Waals surface area contributed by atoms with Crippen LogP contribution >= 0.6 is 23.2 Å². The minimum atomic E-state index is 0.0361. The summed E-state index contributed by atoms with van der Waals surface area (Å²) in [5.74, 6) is 1.49. The second-order valence-corrected chi connectivity index (χ2v) is 6.41. The van der Waals surface area contributed by atoms with Crippen LogP contribution in [0, 0.1) is 23.2 Å². The van der Waals surface area contributed by atoms with Crippen molar-refractivity contribution in [1.82, 2.24) is 0 Å². The summed E-state index contributed by atoms with van der Waals surface area (Å²) in [6, 6.07) is 8.33. The van der Waals surface area contributed by atoms with E-state index in [0.29, 0.717) is 17.8 Å². The van der Waals surface area contributed by atoms with E-state index in [2.05, 4.69) is 24.3 Å². The Kier molecular flexibility index (Phi) is 2.14. The summed E-state index contributed by atoms with van der Waals surface area (Å²) in [7, 11) is 0. The zero-order valence-electron chi connectivity index (χ0n) is 9.55. The van der Waals surface area contributed by atoms with E-state index in [9.17, 15) is 5.26 Å². The first-order valence-corrected chi connectivity index (χ1v) is 7.10. The van der Waals surface area contributed by atoms with Gasteiger partial charge in [0.1, 0.15) is 0 Å². The summed E-state index contributed by atoms with van der Waals surface area (Å²) >= 11 is 12.8. The maximum absolute atomic E-state index is 9.28. The van der Waals surface area contributed by atoms with E-state index in [1.165, 1.54) is 11.1 Å². The summed E-state index contributed by atoms with van der Waals surface area (Å²) in [5, 5.41) is 9.38. The van der Waals surface area contributed by atoms with E-state index in [4.69, 9.17) is 23.2 Å². The van der Waals surface area contributed by atoms with E-state index in [-0.39, 0.29) is 16.7 Å². The zero-order chi connectivity index (χ0) is 12.4. The topological polar surface area (TPSA) is 23.8 Å². The van der Waals surface area contributed by atoms with Crippen LogP contribution in [0.3, 0.4) is 0 Å². The monoisotopic (exact) mass is 275 g/mol. The number of alkyl halides is 2.